The molecule has 0 heterocycles. The fourth-order valence-corrected chi connectivity index (χ4v) is 1.32. The molecule has 5 heteroatoms. The van der Waals surface area contributed by atoms with Gasteiger partial charge in [-0.05, 0) is 33.2 Å². The van der Waals surface area contributed by atoms with E-state index in [9.17, 15) is 14.7 Å². The van der Waals surface area contributed by atoms with Crippen molar-refractivity contribution in [3.63, 3.8) is 0 Å². The van der Waals surface area contributed by atoms with Crippen molar-refractivity contribution in [2.45, 2.75) is 38.3 Å². The Morgan fingerprint density at radius 3 is 2.40 bits per heavy atom. The zero-order valence-corrected chi connectivity index (χ0v) is 9.45. The first kappa shape index (κ1) is 14.1. The number of methoxy groups -OCH3 is 1. The van der Waals surface area contributed by atoms with Crippen LogP contribution in [-0.4, -0.2) is 43.2 Å². The first-order valence-electron chi connectivity index (χ1n) is 4.96. The number of ether oxygens (including phenoxy) is 1. The van der Waals surface area contributed by atoms with Crippen LogP contribution in [-0.2, 0) is 14.3 Å². The lowest BCUT2D eigenvalue weighted by atomic mass is 10.0. The number of likely N-dealkylation sites (N-methyl/N-ethyl adjacent to an activating group) is 1. The molecule has 5 nitrogen and oxygen atoms in total. The van der Waals surface area contributed by atoms with Crippen molar-refractivity contribution in [2.75, 3.05) is 14.2 Å². The second kappa shape index (κ2) is 7.36. The van der Waals surface area contributed by atoms with Crippen LogP contribution in [0.25, 0.3) is 0 Å². The number of carbonyl (C=O) groups is 2. The molecule has 0 aliphatic carbocycles. The lowest BCUT2D eigenvalue weighted by Gasteiger charge is -2.13. The van der Waals surface area contributed by atoms with E-state index in [1.54, 1.807) is 7.05 Å². The molecule has 0 bridgehead atoms. The maximum atomic E-state index is 11.0. The summed E-state index contributed by atoms with van der Waals surface area (Å²) in [5.74, 6) is -0.566. The Balaban J connectivity index is 3.77. The molecule has 0 aliphatic rings. The fraction of sp³-hybridized carbons (Fsp3) is 0.800. The third-order valence-corrected chi connectivity index (χ3v) is 2.28. The Labute approximate surface area is 89.8 Å². The molecule has 2 atom stereocenters. The van der Waals surface area contributed by atoms with Crippen molar-refractivity contribution in [1.29, 1.82) is 0 Å². The topological polar surface area (TPSA) is 75.6 Å². The minimum atomic E-state index is -1.08. The molecule has 0 rings (SSSR count). The largest absolute Gasteiger partial charge is 0.467 e. The monoisotopic (exact) mass is 217 g/mol. The summed E-state index contributed by atoms with van der Waals surface area (Å²) in [6.45, 7) is 1.51. The number of rotatable bonds is 7. The third-order valence-electron chi connectivity index (χ3n) is 2.28. The van der Waals surface area contributed by atoms with E-state index in [1.165, 1.54) is 14.0 Å². The van der Waals surface area contributed by atoms with Gasteiger partial charge in [-0.2, -0.15) is 0 Å². The molecule has 0 aliphatic heterocycles. The molecule has 1 unspecified atom stereocenters. The number of Topliss-reactive ketones (excluding diaryl/α,β-unsaturated/α-hetero) is 1. The van der Waals surface area contributed by atoms with E-state index >= 15 is 0 Å². The average Bonchev–Trinajstić information content (AvgIpc) is 2.22. The first-order chi connectivity index (χ1) is 7.02. The first-order valence-corrected chi connectivity index (χ1v) is 4.96. The quantitative estimate of drug-likeness (QED) is 0.581. The van der Waals surface area contributed by atoms with Crippen LogP contribution in [0.2, 0.25) is 0 Å². The molecule has 0 aromatic heterocycles. The Bertz CT molecular complexity index is 217. The SMILES string of the molecule is CN[C@@H](CCCC(O)C(=O)OC)C(C)=O. The van der Waals surface area contributed by atoms with Gasteiger partial charge in [0.25, 0.3) is 0 Å². The van der Waals surface area contributed by atoms with E-state index in [-0.39, 0.29) is 11.8 Å². The second-order valence-electron chi connectivity index (χ2n) is 3.42. The molecule has 0 aromatic rings. The number of nitrogens with one attached hydrogen (secondary N) is 1. The normalized spacial score (nSPS) is 14.4. The van der Waals surface area contributed by atoms with Gasteiger partial charge in [0.2, 0.25) is 0 Å². The molecule has 15 heavy (non-hydrogen) atoms. The van der Waals surface area contributed by atoms with Gasteiger partial charge < -0.3 is 15.2 Å². The number of esters is 1. The highest BCUT2D eigenvalue weighted by molar-refractivity contribution is 5.81. The summed E-state index contributed by atoms with van der Waals surface area (Å²) in [5, 5.41) is 12.1. The van der Waals surface area contributed by atoms with Gasteiger partial charge in [-0.25, -0.2) is 4.79 Å². The molecular weight excluding hydrogens is 198 g/mol. The van der Waals surface area contributed by atoms with Gasteiger partial charge in [0.15, 0.2) is 6.10 Å². The van der Waals surface area contributed by atoms with Crippen LogP contribution >= 0.6 is 0 Å². The van der Waals surface area contributed by atoms with Crippen LogP contribution in [0.1, 0.15) is 26.2 Å². The minimum absolute atomic E-state index is 0.0602. The smallest absolute Gasteiger partial charge is 0.334 e. The molecule has 0 spiro atoms. The number of hydrogen-bond donors (Lipinski definition) is 2. The molecular formula is C10H19NO4. The van der Waals surface area contributed by atoms with Crippen LogP contribution in [0.3, 0.4) is 0 Å². The maximum absolute atomic E-state index is 11.0. The van der Waals surface area contributed by atoms with Crippen molar-refractivity contribution in [1.82, 2.24) is 5.32 Å². The van der Waals surface area contributed by atoms with Crippen LogP contribution < -0.4 is 5.32 Å². The van der Waals surface area contributed by atoms with E-state index in [4.69, 9.17) is 0 Å². The number of hydrogen-bond acceptors (Lipinski definition) is 5. The maximum Gasteiger partial charge on any atom is 0.334 e. The van der Waals surface area contributed by atoms with Crippen LogP contribution in [0.4, 0.5) is 0 Å². The summed E-state index contributed by atoms with van der Waals surface area (Å²) in [5.41, 5.74) is 0. The molecule has 0 radical (unpaired) electrons. The van der Waals surface area contributed by atoms with E-state index in [0.717, 1.165) is 0 Å². The van der Waals surface area contributed by atoms with Gasteiger partial charge in [-0.3, -0.25) is 4.79 Å². The summed E-state index contributed by atoms with van der Waals surface area (Å²) in [6, 6.07) is -0.199. The van der Waals surface area contributed by atoms with Gasteiger partial charge in [0.05, 0.1) is 13.2 Å². The summed E-state index contributed by atoms with van der Waals surface area (Å²) >= 11 is 0. The van der Waals surface area contributed by atoms with Crippen LogP contribution in [0, 0.1) is 0 Å². The predicted molar refractivity (Wildman–Crippen MR) is 55.4 cm³/mol. The lowest BCUT2D eigenvalue weighted by Crippen LogP contribution is -2.32. The fourth-order valence-electron chi connectivity index (χ4n) is 1.32. The summed E-state index contributed by atoms with van der Waals surface area (Å²) in [4.78, 5) is 21.9. The zero-order valence-electron chi connectivity index (χ0n) is 9.45. The van der Waals surface area contributed by atoms with E-state index < -0.39 is 12.1 Å². The third kappa shape index (κ3) is 5.49. The average molecular weight is 217 g/mol. The lowest BCUT2D eigenvalue weighted by molar-refractivity contribution is -0.150. The van der Waals surface area contributed by atoms with Crippen molar-refractivity contribution in [3.05, 3.63) is 0 Å². The number of aliphatic hydroxyl groups is 1. The van der Waals surface area contributed by atoms with Gasteiger partial charge in [-0.15, -0.1) is 0 Å². The standard InChI is InChI=1S/C10H19NO4/c1-7(12)8(11-2)5-4-6-9(13)10(14)15-3/h8-9,11,13H,4-6H2,1-3H3/t8-,9?/m0/s1. The minimum Gasteiger partial charge on any atom is -0.467 e. The van der Waals surface area contributed by atoms with Crippen molar-refractivity contribution < 1.29 is 19.4 Å². The van der Waals surface area contributed by atoms with E-state index in [0.29, 0.717) is 19.3 Å². The summed E-state index contributed by atoms with van der Waals surface area (Å²) in [7, 11) is 2.94. The number of carbonyl (C=O) groups excluding carboxylic acids is 2. The van der Waals surface area contributed by atoms with Gasteiger partial charge in [0, 0.05) is 0 Å². The van der Waals surface area contributed by atoms with Crippen molar-refractivity contribution in [3.8, 4) is 0 Å². The molecule has 0 saturated carbocycles. The van der Waals surface area contributed by atoms with Crippen LogP contribution in [0.5, 0.6) is 0 Å². The molecule has 0 aromatic carbocycles. The van der Waals surface area contributed by atoms with E-state index in [1.807, 2.05) is 0 Å². The van der Waals surface area contributed by atoms with Gasteiger partial charge >= 0.3 is 5.97 Å². The molecule has 0 amide bonds. The highest BCUT2D eigenvalue weighted by Gasteiger charge is 2.17. The predicted octanol–water partition coefficient (Wildman–Crippen LogP) is -0.132. The molecule has 0 fully saturated rings. The van der Waals surface area contributed by atoms with Gasteiger partial charge in [-0.1, -0.05) is 0 Å². The zero-order chi connectivity index (χ0) is 11.8. The number of aliphatic hydroxyl groups excluding tert-OH is 1. The highest BCUT2D eigenvalue weighted by Crippen LogP contribution is 2.06. The molecule has 2 N–H and O–H groups in total. The van der Waals surface area contributed by atoms with Crippen molar-refractivity contribution in [2.24, 2.45) is 0 Å². The Kier molecular flexibility index (Phi) is 6.90. The second-order valence-corrected chi connectivity index (χ2v) is 3.42. The van der Waals surface area contributed by atoms with Gasteiger partial charge in [0.1, 0.15) is 5.78 Å². The molecule has 0 saturated heterocycles. The number of ketones is 1. The molecule has 88 valence electrons. The highest BCUT2D eigenvalue weighted by atomic mass is 16.5. The Morgan fingerprint density at radius 1 is 1.40 bits per heavy atom. The summed E-state index contributed by atoms with van der Waals surface area (Å²) in [6.07, 6.45) is 0.443. The Hall–Kier alpha value is -0.940. The Morgan fingerprint density at radius 2 is 2.00 bits per heavy atom. The van der Waals surface area contributed by atoms with Crippen LogP contribution in [0.15, 0.2) is 0 Å². The summed E-state index contributed by atoms with van der Waals surface area (Å²) < 4.78 is 4.37. The van der Waals surface area contributed by atoms with E-state index in [2.05, 4.69) is 10.1 Å². The van der Waals surface area contributed by atoms with Crippen molar-refractivity contribution >= 4 is 11.8 Å².